The van der Waals surface area contributed by atoms with Crippen LogP contribution in [0.5, 0.6) is 5.75 Å². The van der Waals surface area contributed by atoms with Gasteiger partial charge in [-0.3, -0.25) is 0 Å². The molecule has 0 bridgehead atoms. The highest BCUT2D eigenvalue weighted by Gasteiger charge is 2.18. The minimum absolute atomic E-state index is 0.124. The molecule has 0 aliphatic carbocycles. The fourth-order valence-corrected chi connectivity index (χ4v) is 2.23. The standard InChI is InChI=1S/C17H16N4O2/c1-11-14(9-18)16(15(10-19)17(20)21-11)12-3-5-13(6-4-12)23-8-7-22-2/h3-6H,7-8H2,1-2H3,(H2,20,21). The number of ether oxygens (including phenoxy) is 2. The lowest BCUT2D eigenvalue weighted by Gasteiger charge is -2.12. The molecule has 1 aromatic heterocycles. The average molecular weight is 308 g/mol. The molecule has 0 saturated heterocycles. The van der Waals surface area contributed by atoms with Gasteiger partial charge in [0.25, 0.3) is 0 Å². The van der Waals surface area contributed by atoms with E-state index in [4.69, 9.17) is 15.2 Å². The van der Waals surface area contributed by atoms with E-state index >= 15 is 0 Å². The predicted octanol–water partition coefficient (Wildman–Crippen LogP) is 2.41. The maximum atomic E-state index is 9.39. The zero-order valence-corrected chi connectivity index (χ0v) is 13.0. The molecule has 0 amide bonds. The first-order valence-corrected chi connectivity index (χ1v) is 6.94. The van der Waals surface area contributed by atoms with E-state index in [-0.39, 0.29) is 11.4 Å². The third-order valence-electron chi connectivity index (χ3n) is 3.33. The predicted molar refractivity (Wildman–Crippen MR) is 85.6 cm³/mol. The van der Waals surface area contributed by atoms with Crippen LogP contribution in [0.4, 0.5) is 5.82 Å². The number of rotatable bonds is 5. The number of aryl methyl sites for hydroxylation is 1. The molecule has 1 aromatic carbocycles. The van der Waals surface area contributed by atoms with Crippen molar-refractivity contribution in [1.29, 1.82) is 10.5 Å². The molecule has 2 aromatic rings. The van der Waals surface area contributed by atoms with Gasteiger partial charge >= 0.3 is 0 Å². The van der Waals surface area contributed by atoms with E-state index in [0.29, 0.717) is 35.8 Å². The van der Waals surface area contributed by atoms with E-state index in [9.17, 15) is 10.5 Å². The maximum absolute atomic E-state index is 9.39. The summed E-state index contributed by atoms with van der Waals surface area (Å²) in [5.74, 6) is 0.806. The van der Waals surface area contributed by atoms with Gasteiger partial charge in [0.2, 0.25) is 0 Å². The topological polar surface area (TPSA) is 105 Å². The fourth-order valence-electron chi connectivity index (χ4n) is 2.23. The van der Waals surface area contributed by atoms with Crippen LogP contribution in [0.15, 0.2) is 24.3 Å². The molecule has 2 N–H and O–H groups in total. The SMILES string of the molecule is COCCOc1ccc(-c2c(C#N)c(C)nc(N)c2C#N)cc1. The summed E-state index contributed by atoms with van der Waals surface area (Å²) >= 11 is 0. The number of pyridine rings is 1. The number of hydrogen-bond acceptors (Lipinski definition) is 6. The second kappa shape index (κ2) is 7.26. The third kappa shape index (κ3) is 3.39. The molecule has 0 aliphatic rings. The number of nitriles is 2. The molecule has 2 rings (SSSR count). The van der Waals surface area contributed by atoms with Gasteiger partial charge in [0.1, 0.15) is 35.9 Å². The molecule has 0 fully saturated rings. The van der Waals surface area contributed by atoms with Crippen molar-refractivity contribution in [3.05, 3.63) is 41.1 Å². The zero-order chi connectivity index (χ0) is 16.8. The molecular weight excluding hydrogens is 292 g/mol. The summed E-state index contributed by atoms with van der Waals surface area (Å²) < 4.78 is 10.4. The van der Waals surface area contributed by atoms with Crippen molar-refractivity contribution in [3.8, 4) is 29.0 Å². The summed E-state index contributed by atoms with van der Waals surface area (Å²) in [5, 5.41) is 18.7. The van der Waals surface area contributed by atoms with E-state index in [1.54, 1.807) is 38.3 Å². The monoisotopic (exact) mass is 308 g/mol. The van der Waals surface area contributed by atoms with Gasteiger partial charge < -0.3 is 15.2 Å². The van der Waals surface area contributed by atoms with E-state index in [0.717, 1.165) is 5.56 Å². The molecule has 1 heterocycles. The van der Waals surface area contributed by atoms with Gasteiger partial charge in [0, 0.05) is 12.7 Å². The van der Waals surface area contributed by atoms with Crippen molar-refractivity contribution in [2.75, 3.05) is 26.1 Å². The van der Waals surface area contributed by atoms with Crippen LogP contribution in [0.2, 0.25) is 0 Å². The summed E-state index contributed by atoms with van der Waals surface area (Å²) in [6.45, 7) is 2.64. The van der Waals surface area contributed by atoms with E-state index < -0.39 is 0 Å². The van der Waals surface area contributed by atoms with Gasteiger partial charge in [-0.1, -0.05) is 12.1 Å². The van der Waals surface area contributed by atoms with Gasteiger partial charge in [-0.05, 0) is 24.6 Å². The van der Waals surface area contributed by atoms with Crippen LogP contribution in [0.3, 0.4) is 0 Å². The van der Waals surface area contributed by atoms with Crippen LogP contribution in [-0.2, 0) is 4.74 Å². The van der Waals surface area contributed by atoms with Crippen molar-refractivity contribution >= 4 is 5.82 Å². The molecule has 6 nitrogen and oxygen atoms in total. The van der Waals surface area contributed by atoms with Gasteiger partial charge in [-0.2, -0.15) is 10.5 Å². The lowest BCUT2D eigenvalue weighted by molar-refractivity contribution is 0.146. The second-order valence-electron chi connectivity index (χ2n) is 4.80. The van der Waals surface area contributed by atoms with Crippen LogP contribution in [0, 0.1) is 29.6 Å². The van der Waals surface area contributed by atoms with Gasteiger partial charge in [-0.25, -0.2) is 4.98 Å². The number of nitrogen functional groups attached to an aromatic ring is 1. The normalized spacial score (nSPS) is 9.91. The second-order valence-corrected chi connectivity index (χ2v) is 4.80. The first-order chi connectivity index (χ1) is 11.1. The van der Waals surface area contributed by atoms with E-state index in [2.05, 4.69) is 11.1 Å². The van der Waals surface area contributed by atoms with E-state index in [1.165, 1.54) is 0 Å². The number of methoxy groups -OCH3 is 1. The summed E-state index contributed by atoms with van der Waals surface area (Å²) in [5.41, 5.74) is 8.10. The third-order valence-corrected chi connectivity index (χ3v) is 3.33. The van der Waals surface area contributed by atoms with Crippen molar-refractivity contribution in [2.45, 2.75) is 6.92 Å². The Balaban J connectivity index is 2.46. The number of benzene rings is 1. The number of hydrogen-bond donors (Lipinski definition) is 1. The molecule has 0 radical (unpaired) electrons. The first kappa shape index (κ1) is 16.3. The van der Waals surface area contributed by atoms with Crippen LogP contribution >= 0.6 is 0 Å². The number of nitrogens with zero attached hydrogens (tertiary/aromatic N) is 3. The number of anilines is 1. The smallest absolute Gasteiger partial charge is 0.142 e. The molecule has 0 atom stereocenters. The average Bonchev–Trinajstić information content (AvgIpc) is 2.55. The van der Waals surface area contributed by atoms with Gasteiger partial charge in [0.05, 0.1) is 17.9 Å². The number of aromatic nitrogens is 1. The Kier molecular flexibility index (Phi) is 5.14. The quantitative estimate of drug-likeness (QED) is 0.850. The van der Waals surface area contributed by atoms with Crippen molar-refractivity contribution in [3.63, 3.8) is 0 Å². The highest BCUT2D eigenvalue weighted by molar-refractivity contribution is 5.81. The summed E-state index contributed by atoms with van der Waals surface area (Å²) in [6, 6.07) is 11.3. The summed E-state index contributed by atoms with van der Waals surface area (Å²) in [7, 11) is 1.61. The zero-order valence-electron chi connectivity index (χ0n) is 13.0. The Bertz CT molecular complexity index is 748. The Morgan fingerprint density at radius 1 is 1.09 bits per heavy atom. The molecule has 0 unspecified atom stereocenters. The highest BCUT2D eigenvalue weighted by Crippen LogP contribution is 2.32. The van der Waals surface area contributed by atoms with Crippen LogP contribution in [0.1, 0.15) is 16.8 Å². The van der Waals surface area contributed by atoms with E-state index in [1.807, 2.05) is 6.07 Å². The minimum Gasteiger partial charge on any atom is -0.491 e. The fraction of sp³-hybridized carbons (Fsp3) is 0.235. The Hall–Kier alpha value is -3.09. The molecule has 23 heavy (non-hydrogen) atoms. The van der Waals surface area contributed by atoms with Crippen molar-refractivity contribution < 1.29 is 9.47 Å². The highest BCUT2D eigenvalue weighted by atomic mass is 16.5. The minimum atomic E-state index is 0.124. The number of nitrogens with two attached hydrogens (primary N) is 1. The molecule has 0 saturated carbocycles. The molecule has 0 aliphatic heterocycles. The van der Waals surface area contributed by atoms with Crippen LogP contribution in [-0.4, -0.2) is 25.3 Å². The van der Waals surface area contributed by atoms with Crippen molar-refractivity contribution in [1.82, 2.24) is 4.98 Å². The molecule has 6 heteroatoms. The molecule has 0 spiro atoms. The summed E-state index contributed by atoms with van der Waals surface area (Å²) in [6.07, 6.45) is 0. The first-order valence-electron chi connectivity index (χ1n) is 6.94. The lowest BCUT2D eigenvalue weighted by atomic mass is 9.95. The van der Waals surface area contributed by atoms with Gasteiger partial charge in [0.15, 0.2) is 0 Å². The van der Waals surface area contributed by atoms with Crippen molar-refractivity contribution in [2.24, 2.45) is 0 Å². The Morgan fingerprint density at radius 2 is 1.74 bits per heavy atom. The van der Waals surface area contributed by atoms with Crippen LogP contribution in [0.25, 0.3) is 11.1 Å². The maximum Gasteiger partial charge on any atom is 0.142 e. The van der Waals surface area contributed by atoms with Gasteiger partial charge in [-0.15, -0.1) is 0 Å². The Morgan fingerprint density at radius 3 is 2.30 bits per heavy atom. The molecule has 116 valence electrons. The van der Waals surface area contributed by atoms with Crippen LogP contribution < -0.4 is 10.5 Å². The lowest BCUT2D eigenvalue weighted by Crippen LogP contribution is -2.05. The summed E-state index contributed by atoms with van der Waals surface area (Å²) in [4.78, 5) is 4.06. The largest absolute Gasteiger partial charge is 0.491 e. The molecular formula is C17H16N4O2. The Labute approximate surface area is 134 Å².